The van der Waals surface area contributed by atoms with Gasteiger partial charge >= 0.3 is 5.97 Å². The van der Waals surface area contributed by atoms with E-state index >= 15 is 0 Å². The molecule has 2 rings (SSSR count). The van der Waals surface area contributed by atoms with Crippen LogP contribution < -0.4 is 5.32 Å². The molecule has 1 aliphatic heterocycles. The molecule has 1 aromatic rings. The van der Waals surface area contributed by atoms with Gasteiger partial charge in [0.1, 0.15) is 0 Å². The van der Waals surface area contributed by atoms with E-state index in [0.717, 1.165) is 25.8 Å². The Hall–Kier alpha value is -1.51. The molecule has 2 N–H and O–H groups in total. The van der Waals surface area contributed by atoms with Crippen LogP contribution in [0.5, 0.6) is 0 Å². The van der Waals surface area contributed by atoms with Crippen LogP contribution >= 0.6 is 0 Å². The van der Waals surface area contributed by atoms with Gasteiger partial charge in [0.2, 0.25) is 0 Å². The van der Waals surface area contributed by atoms with Crippen molar-refractivity contribution in [1.29, 1.82) is 0 Å². The molecule has 0 saturated heterocycles. The maximum atomic E-state index is 10.5. The van der Waals surface area contributed by atoms with E-state index in [2.05, 4.69) is 23.5 Å². The lowest BCUT2D eigenvalue weighted by Gasteiger charge is -2.09. The first-order chi connectivity index (χ1) is 8.25. The zero-order valence-electron chi connectivity index (χ0n) is 10.0. The van der Waals surface area contributed by atoms with E-state index in [1.807, 2.05) is 0 Å². The fourth-order valence-electron chi connectivity index (χ4n) is 2.29. The summed E-state index contributed by atoms with van der Waals surface area (Å²) >= 11 is 0. The van der Waals surface area contributed by atoms with Gasteiger partial charge in [0.15, 0.2) is 0 Å². The number of carboxylic acid groups (broad SMARTS) is 1. The molecule has 0 atom stereocenters. The molecule has 0 fully saturated rings. The van der Waals surface area contributed by atoms with Crippen molar-refractivity contribution in [3.05, 3.63) is 29.3 Å². The van der Waals surface area contributed by atoms with Gasteiger partial charge in [-0.2, -0.15) is 0 Å². The molecule has 1 heterocycles. The van der Waals surface area contributed by atoms with E-state index in [1.165, 1.54) is 29.7 Å². The normalized spacial score (nSPS) is 14.6. The quantitative estimate of drug-likeness (QED) is 0.840. The second-order valence-electron chi connectivity index (χ2n) is 4.62. The van der Waals surface area contributed by atoms with Crippen molar-refractivity contribution in [2.24, 2.45) is 0 Å². The lowest BCUT2D eigenvalue weighted by Crippen LogP contribution is -2.00. The van der Waals surface area contributed by atoms with Crippen LogP contribution in [0.2, 0.25) is 0 Å². The van der Waals surface area contributed by atoms with Crippen molar-refractivity contribution in [3.63, 3.8) is 0 Å². The van der Waals surface area contributed by atoms with Crippen molar-refractivity contribution in [3.8, 4) is 0 Å². The molecular formula is C14H19NO2. The van der Waals surface area contributed by atoms with Crippen molar-refractivity contribution >= 4 is 11.7 Å². The molecule has 3 heteroatoms. The number of benzene rings is 1. The van der Waals surface area contributed by atoms with Crippen LogP contribution in [0.25, 0.3) is 0 Å². The molecule has 0 bridgehead atoms. The first kappa shape index (κ1) is 12.0. The summed E-state index contributed by atoms with van der Waals surface area (Å²) in [5.41, 5.74) is 3.90. The summed E-state index contributed by atoms with van der Waals surface area (Å²) < 4.78 is 0. The van der Waals surface area contributed by atoms with E-state index in [9.17, 15) is 4.79 Å². The molecule has 1 aromatic carbocycles. The Morgan fingerprint density at radius 3 is 3.06 bits per heavy atom. The number of hydrogen-bond donors (Lipinski definition) is 2. The van der Waals surface area contributed by atoms with Gasteiger partial charge in [0, 0.05) is 18.7 Å². The number of hydrogen-bond acceptors (Lipinski definition) is 2. The first-order valence-corrected chi connectivity index (χ1v) is 6.33. The highest BCUT2D eigenvalue weighted by molar-refractivity contribution is 5.66. The Bertz CT molecular complexity index is 401. The van der Waals surface area contributed by atoms with Gasteiger partial charge in [-0.3, -0.25) is 4.79 Å². The summed E-state index contributed by atoms with van der Waals surface area (Å²) in [7, 11) is 0. The van der Waals surface area contributed by atoms with Gasteiger partial charge in [-0.25, -0.2) is 0 Å². The molecule has 0 unspecified atom stereocenters. The van der Waals surface area contributed by atoms with Crippen molar-refractivity contribution in [2.75, 3.05) is 11.9 Å². The molecule has 17 heavy (non-hydrogen) atoms. The van der Waals surface area contributed by atoms with E-state index in [1.54, 1.807) is 0 Å². The Labute approximate surface area is 102 Å². The van der Waals surface area contributed by atoms with Crippen molar-refractivity contribution in [1.82, 2.24) is 0 Å². The second-order valence-corrected chi connectivity index (χ2v) is 4.62. The standard InChI is InChI=1S/C14H19NO2/c16-14(17)6-3-4-11-7-8-13-12(10-11)5-1-2-9-15-13/h7-8,10,15H,1-6,9H2,(H,16,17). The summed E-state index contributed by atoms with van der Waals surface area (Å²) in [5.74, 6) is -0.707. The first-order valence-electron chi connectivity index (χ1n) is 6.33. The van der Waals surface area contributed by atoms with Gasteiger partial charge in [0.25, 0.3) is 0 Å². The zero-order chi connectivity index (χ0) is 12.1. The Kier molecular flexibility index (Phi) is 4.02. The third-order valence-corrected chi connectivity index (χ3v) is 3.21. The molecule has 3 nitrogen and oxygen atoms in total. The van der Waals surface area contributed by atoms with E-state index < -0.39 is 5.97 Å². The molecule has 0 aromatic heterocycles. The minimum atomic E-state index is -0.707. The molecule has 0 saturated carbocycles. The van der Waals surface area contributed by atoms with Crippen LogP contribution in [0.15, 0.2) is 18.2 Å². The van der Waals surface area contributed by atoms with Gasteiger partial charge in [-0.05, 0) is 49.3 Å². The summed E-state index contributed by atoms with van der Waals surface area (Å²) in [4.78, 5) is 10.5. The summed E-state index contributed by atoms with van der Waals surface area (Å²) in [6.07, 6.45) is 5.44. The molecule has 0 spiro atoms. The molecule has 92 valence electrons. The highest BCUT2D eigenvalue weighted by atomic mass is 16.4. The maximum absolute atomic E-state index is 10.5. The Morgan fingerprint density at radius 2 is 2.24 bits per heavy atom. The minimum Gasteiger partial charge on any atom is -0.481 e. The predicted molar refractivity (Wildman–Crippen MR) is 68.4 cm³/mol. The Balaban J connectivity index is 1.99. The third kappa shape index (κ3) is 3.48. The van der Waals surface area contributed by atoms with Crippen LogP contribution in [-0.2, 0) is 17.6 Å². The summed E-state index contributed by atoms with van der Waals surface area (Å²) in [6.45, 7) is 1.06. The largest absolute Gasteiger partial charge is 0.481 e. The predicted octanol–water partition coefficient (Wildman–Crippen LogP) is 2.84. The van der Waals surface area contributed by atoms with Gasteiger partial charge < -0.3 is 10.4 Å². The SMILES string of the molecule is O=C(O)CCCc1ccc2c(c1)CCCCN2. The van der Waals surface area contributed by atoms with Crippen LogP contribution in [0, 0.1) is 0 Å². The van der Waals surface area contributed by atoms with Crippen molar-refractivity contribution in [2.45, 2.75) is 38.5 Å². The number of carboxylic acids is 1. The number of fused-ring (bicyclic) bond motifs is 1. The lowest BCUT2D eigenvalue weighted by molar-refractivity contribution is -0.137. The number of nitrogens with one attached hydrogen (secondary N) is 1. The van der Waals surface area contributed by atoms with Crippen molar-refractivity contribution < 1.29 is 9.90 Å². The minimum absolute atomic E-state index is 0.259. The molecular weight excluding hydrogens is 214 g/mol. The molecule has 0 radical (unpaired) electrons. The van der Waals surface area contributed by atoms with Crippen LogP contribution in [0.4, 0.5) is 5.69 Å². The zero-order valence-corrected chi connectivity index (χ0v) is 10.0. The second kappa shape index (κ2) is 5.71. The topological polar surface area (TPSA) is 49.3 Å². The number of aryl methyl sites for hydroxylation is 2. The highest BCUT2D eigenvalue weighted by Gasteiger charge is 2.08. The highest BCUT2D eigenvalue weighted by Crippen LogP contribution is 2.23. The fourth-order valence-corrected chi connectivity index (χ4v) is 2.29. The maximum Gasteiger partial charge on any atom is 0.303 e. The number of aliphatic carboxylic acids is 1. The average molecular weight is 233 g/mol. The molecule has 0 amide bonds. The van der Waals surface area contributed by atoms with E-state index in [4.69, 9.17) is 5.11 Å². The average Bonchev–Trinajstić information content (AvgIpc) is 2.53. The number of anilines is 1. The monoisotopic (exact) mass is 233 g/mol. The number of carbonyl (C=O) groups is 1. The third-order valence-electron chi connectivity index (χ3n) is 3.21. The van der Waals surface area contributed by atoms with Crippen LogP contribution in [0.1, 0.15) is 36.8 Å². The van der Waals surface area contributed by atoms with Gasteiger partial charge in [0.05, 0.1) is 0 Å². The number of rotatable bonds is 4. The van der Waals surface area contributed by atoms with Crippen LogP contribution in [0.3, 0.4) is 0 Å². The van der Waals surface area contributed by atoms with Crippen LogP contribution in [-0.4, -0.2) is 17.6 Å². The molecule has 0 aliphatic carbocycles. The Morgan fingerprint density at radius 1 is 1.35 bits per heavy atom. The molecule has 1 aliphatic rings. The fraction of sp³-hybridized carbons (Fsp3) is 0.500. The van der Waals surface area contributed by atoms with E-state index in [0.29, 0.717) is 0 Å². The van der Waals surface area contributed by atoms with Gasteiger partial charge in [-0.15, -0.1) is 0 Å². The lowest BCUT2D eigenvalue weighted by atomic mass is 10.0. The van der Waals surface area contributed by atoms with E-state index in [-0.39, 0.29) is 6.42 Å². The van der Waals surface area contributed by atoms with Gasteiger partial charge in [-0.1, -0.05) is 12.1 Å². The smallest absolute Gasteiger partial charge is 0.303 e. The summed E-state index contributed by atoms with van der Waals surface area (Å²) in [5, 5.41) is 12.0. The summed E-state index contributed by atoms with van der Waals surface area (Å²) in [6, 6.07) is 6.48.